The highest BCUT2D eigenvalue weighted by Gasteiger charge is 2.22. The molecule has 0 saturated heterocycles. The fourth-order valence-electron chi connectivity index (χ4n) is 3.57. The van der Waals surface area contributed by atoms with Gasteiger partial charge < -0.3 is 5.32 Å². The Morgan fingerprint density at radius 1 is 1.04 bits per heavy atom. The van der Waals surface area contributed by atoms with Gasteiger partial charge >= 0.3 is 0 Å². The smallest absolute Gasteiger partial charge is 0.243 e. The van der Waals surface area contributed by atoms with Crippen LogP contribution in [0.4, 0.5) is 5.69 Å². The molecule has 0 aromatic heterocycles. The molecule has 0 bridgehead atoms. The molecule has 0 atom stereocenters. The molecule has 0 unspecified atom stereocenters. The lowest BCUT2D eigenvalue weighted by Gasteiger charge is -2.18. The number of carbonyl (C=O) groups excluding carboxylic acids is 1. The van der Waals surface area contributed by atoms with Gasteiger partial charge in [0.2, 0.25) is 15.9 Å². The maximum absolute atomic E-state index is 12.6. The third-order valence-electron chi connectivity index (χ3n) is 4.99. The molecule has 1 amide bonds. The van der Waals surface area contributed by atoms with Crippen LogP contribution in [-0.2, 0) is 34.1 Å². The zero-order valence-corrected chi connectivity index (χ0v) is 16.7. The quantitative estimate of drug-likeness (QED) is 0.793. The molecule has 0 heterocycles. The van der Waals surface area contributed by atoms with E-state index in [9.17, 15) is 13.2 Å². The second-order valence-electron chi connectivity index (χ2n) is 6.80. The van der Waals surface area contributed by atoms with Crippen LogP contribution >= 0.6 is 0 Å². The molecular formula is C21H26N2O3S. The number of carbonyl (C=O) groups is 1. The summed E-state index contributed by atoms with van der Waals surface area (Å²) in [5.41, 5.74) is 4.20. The van der Waals surface area contributed by atoms with Gasteiger partial charge in [-0.2, -0.15) is 4.31 Å². The number of fused-ring (bicyclic) bond motifs is 1. The molecule has 0 fully saturated rings. The average molecular weight is 387 g/mol. The fourth-order valence-corrected chi connectivity index (χ4v) is 5.08. The van der Waals surface area contributed by atoms with E-state index in [-0.39, 0.29) is 17.2 Å². The van der Waals surface area contributed by atoms with E-state index in [0.29, 0.717) is 18.8 Å². The van der Waals surface area contributed by atoms with Gasteiger partial charge in [0.25, 0.3) is 0 Å². The topological polar surface area (TPSA) is 66.5 Å². The summed E-state index contributed by atoms with van der Waals surface area (Å²) < 4.78 is 26.7. The Morgan fingerprint density at radius 3 is 2.52 bits per heavy atom. The summed E-state index contributed by atoms with van der Waals surface area (Å²) >= 11 is 0. The number of hydrogen-bond donors (Lipinski definition) is 1. The largest absolute Gasteiger partial charge is 0.326 e. The van der Waals surface area contributed by atoms with Crippen molar-refractivity contribution in [2.75, 3.05) is 18.4 Å². The van der Waals surface area contributed by atoms with E-state index in [0.717, 1.165) is 18.4 Å². The van der Waals surface area contributed by atoms with Crippen molar-refractivity contribution in [1.82, 2.24) is 4.31 Å². The van der Waals surface area contributed by atoms with Crippen LogP contribution in [0.2, 0.25) is 0 Å². The average Bonchev–Trinajstić information content (AvgIpc) is 3.10. The maximum atomic E-state index is 12.6. The fraction of sp³-hybridized carbons (Fsp3) is 0.381. The Kier molecular flexibility index (Phi) is 5.97. The normalized spacial score (nSPS) is 13.6. The minimum Gasteiger partial charge on any atom is -0.326 e. The zero-order chi connectivity index (χ0) is 19.4. The van der Waals surface area contributed by atoms with Crippen LogP contribution < -0.4 is 5.32 Å². The van der Waals surface area contributed by atoms with E-state index < -0.39 is 10.0 Å². The van der Waals surface area contributed by atoms with Gasteiger partial charge in [-0.1, -0.05) is 38.1 Å². The molecule has 0 saturated carbocycles. The lowest BCUT2D eigenvalue weighted by Crippen LogP contribution is -2.30. The van der Waals surface area contributed by atoms with E-state index in [1.165, 1.54) is 27.9 Å². The molecule has 0 aliphatic heterocycles. The number of anilines is 1. The first-order chi connectivity index (χ1) is 12.9. The minimum absolute atomic E-state index is 0.148. The summed E-state index contributed by atoms with van der Waals surface area (Å²) in [5, 5.41) is 2.82. The lowest BCUT2D eigenvalue weighted by molar-refractivity contribution is -0.115. The molecule has 5 nitrogen and oxygen atoms in total. The molecule has 1 N–H and O–H groups in total. The predicted octanol–water partition coefficient (Wildman–Crippen LogP) is 3.39. The van der Waals surface area contributed by atoms with E-state index in [2.05, 4.69) is 17.4 Å². The number of nitrogens with zero attached hydrogens (tertiary/aromatic N) is 1. The molecule has 3 rings (SSSR count). The van der Waals surface area contributed by atoms with E-state index in [4.69, 9.17) is 0 Å². The van der Waals surface area contributed by atoms with E-state index >= 15 is 0 Å². The van der Waals surface area contributed by atoms with Gasteiger partial charge in [-0.25, -0.2) is 8.42 Å². The van der Waals surface area contributed by atoms with Crippen molar-refractivity contribution >= 4 is 21.6 Å². The molecule has 1 aliphatic carbocycles. The van der Waals surface area contributed by atoms with Crippen LogP contribution in [0.15, 0.2) is 47.4 Å². The van der Waals surface area contributed by atoms with Crippen molar-refractivity contribution in [3.8, 4) is 0 Å². The van der Waals surface area contributed by atoms with Gasteiger partial charge in [0, 0.05) is 18.8 Å². The number of nitrogens with one attached hydrogen (secondary N) is 1. The Labute approximate surface area is 161 Å². The molecule has 2 aromatic rings. The molecule has 0 radical (unpaired) electrons. The number of hydrogen-bond acceptors (Lipinski definition) is 3. The van der Waals surface area contributed by atoms with Gasteiger partial charge in [0.15, 0.2) is 0 Å². The van der Waals surface area contributed by atoms with Crippen molar-refractivity contribution in [2.45, 2.75) is 44.4 Å². The summed E-state index contributed by atoms with van der Waals surface area (Å²) in [6, 6.07) is 12.7. The van der Waals surface area contributed by atoms with Gasteiger partial charge in [0.05, 0.1) is 11.3 Å². The number of sulfonamides is 1. The minimum atomic E-state index is -3.54. The Balaban J connectivity index is 1.71. The van der Waals surface area contributed by atoms with Crippen LogP contribution in [0.3, 0.4) is 0 Å². The van der Waals surface area contributed by atoms with Crippen LogP contribution in [0.1, 0.15) is 37.0 Å². The Bertz CT molecular complexity index is 934. The summed E-state index contributed by atoms with van der Waals surface area (Å²) in [7, 11) is -3.54. The standard InChI is InChI=1S/C21H26N2O3S/c1-3-23(4-2)27(25,26)20-10-6-9-19(15-20)22-21(24)14-16-11-12-17-7-5-8-18(17)13-16/h6,9-13,15H,3-5,7-8,14H2,1-2H3,(H,22,24). The van der Waals surface area contributed by atoms with Gasteiger partial charge in [0.1, 0.15) is 0 Å². The molecule has 2 aromatic carbocycles. The third kappa shape index (κ3) is 4.39. The van der Waals surface area contributed by atoms with Gasteiger partial charge in [-0.05, 0) is 54.2 Å². The Morgan fingerprint density at radius 2 is 1.78 bits per heavy atom. The second-order valence-corrected chi connectivity index (χ2v) is 8.74. The molecule has 27 heavy (non-hydrogen) atoms. The summed E-state index contributed by atoms with van der Waals surface area (Å²) in [5.74, 6) is -0.148. The molecule has 6 heteroatoms. The van der Waals surface area contributed by atoms with Crippen LogP contribution in [-0.4, -0.2) is 31.7 Å². The van der Waals surface area contributed by atoms with Crippen molar-refractivity contribution in [3.63, 3.8) is 0 Å². The van der Waals surface area contributed by atoms with E-state index in [1.54, 1.807) is 18.2 Å². The molecular weight excluding hydrogens is 360 g/mol. The predicted molar refractivity (Wildman–Crippen MR) is 107 cm³/mol. The number of benzene rings is 2. The van der Waals surface area contributed by atoms with Gasteiger partial charge in [-0.3, -0.25) is 4.79 Å². The highest BCUT2D eigenvalue weighted by atomic mass is 32.2. The molecule has 0 spiro atoms. The summed E-state index contributed by atoms with van der Waals surface area (Å²) in [6.07, 6.45) is 3.66. The number of aryl methyl sites for hydroxylation is 2. The molecule has 144 valence electrons. The van der Waals surface area contributed by atoms with Gasteiger partial charge in [-0.15, -0.1) is 0 Å². The highest BCUT2D eigenvalue weighted by molar-refractivity contribution is 7.89. The van der Waals surface area contributed by atoms with Crippen LogP contribution in [0, 0.1) is 0 Å². The Hall–Kier alpha value is -2.18. The van der Waals surface area contributed by atoms with E-state index in [1.807, 2.05) is 19.9 Å². The highest BCUT2D eigenvalue weighted by Crippen LogP contribution is 2.23. The SMILES string of the molecule is CCN(CC)S(=O)(=O)c1cccc(NC(=O)Cc2ccc3c(c2)CCC3)c1. The third-order valence-corrected chi connectivity index (χ3v) is 7.03. The van der Waals surface area contributed by atoms with Crippen molar-refractivity contribution in [2.24, 2.45) is 0 Å². The lowest BCUT2D eigenvalue weighted by atomic mass is 10.0. The molecule has 1 aliphatic rings. The maximum Gasteiger partial charge on any atom is 0.243 e. The first-order valence-electron chi connectivity index (χ1n) is 9.44. The zero-order valence-electron chi connectivity index (χ0n) is 15.9. The van der Waals surface area contributed by atoms with Crippen molar-refractivity contribution in [1.29, 1.82) is 0 Å². The number of rotatable bonds is 7. The summed E-state index contributed by atoms with van der Waals surface area (Å²) in [6.45, 7) is 4.44. The second kappa shape index (κ2) is 8.23. The monoisotopic (exact) mass is 386 g/mol. The summed E-state index contributed by atoms with van der Waals surface area (Å²) in [4.78, 5) is 12.6. The van der Waals surface area contributed by atoms with Crippen molar-refractivity contribution < 1.29 is 13.2 Å². The van der Waals surface area contributed by atoms with Crippen molar-refractivity contribution in [3.05, 3.63) is 59.2 Å². The van der Waals surface area contributed by atoms with Crippen LogP contribution in [0.5, 0.6) is 0 Å². The van der Waals surface area contributed by atoms with Crippen LogP contribution in [0.25, 0.3) is 0 Å². The first kappa shape index (κ1) is 19.6. The first-order valence-corrected chi connectivity index (χ1v) is 10.9. The number of amides is 1.